The lowest BCUT2D eigenvalue weighted by Crippen LogP contribution is -2.44. The normalized spacial score (nSPS) is 20.2. The summed E-state index contributed by atoms with van der Waals surface area (Å²) in [6.07, 6.45) is 3.99. The molecule has 5 nitrogen and oxygen atoms in total. The van der Waals surface area contributed by atoms with Gasteiger partial charge in [0.15, 0.2) is 0 Å². The van der Waals surface area contributed by atoms with Crippen LogP contribution in [0, 0.1) is 5.92 Å². The van der Waals surface area contributed by atoms with Gasteiger partial charge in [0.2, 0.25) is 10.0 Å². The minimum absolute atomic E-state index is 0.0487. The van der Waals surface area contributed by atoms with Crippen molar-refractivity contribution in [2.24, 2.45) is 5.92 Å². The average molecular weight is 390 g/mol. The minimum Gasteiger partial charge on any atom is -0.493 e. The Bertz CT molecular complexity index is 823. The van der Waals surface area contributed by atoms with Crippen LogP contribution in [0.2, 0.25) is 0 Å². The third-order valence-electron chi connectivity index (χ3n) is 4.87. The van der Waals surface area contributed by atoms with Crippen LogP contribution in [-0.4, -0.2) is 26.8 Å². The van der Waals surface area contributed by atoms with E-state index in [9.17, 15) is 8.42 Å². The van der Waals surface area contributed by atoms with Gasteiger partial charge >= 0.3 is 0 Å². The second kappa shape index (κ2) is 9.24. The monoisotopic (exact) mass is 389 g/mol. The molecule has 146 valence electrons. The molecule has 0 spiro atoms. The fourth-order valence-corrected chi connectivity index (χ4v) is 4.27. The summed E-state index contributed by atoms with van der Waals surface area (Å²) in [5, 5.41) is 0. The SMILES string of the molecule is CCS(=O)(=O)NC1CCCCC1COc1cccc(Oc2ccccc2)c1. The molecule has 1 saturated carbocycles. The van der Waals surface area contributed by atoms with Crippen LogP contribution in [0.1, 0.15) is 32.6 Å². The second-order valence-electron chi connectivity index (χ2n) is 6.87. The third-order valence-corrected chi connectivity index (χ3v) is 6.29. The fourth-order valence-electron chi connectivity index (χ4n) is 3.33. The van der Waals surface area contributed by atoms with Crippen LogP contribution in [0.3, 0.4) is 0 Å². The van der Waals surface area contributed by atoms with Gasteiger partial charge in [-0.1, -0.05) is 37.1 Å². The van der Waals surface area contributed by atoms with Crippen molar-refractivity contribution in [3.05, 3.63) is 54.6 Å². The highest BCUT2D eigenvalue weighted by molar-refractivity contribution is 7.89. The Morgan fingerprint density at radius 2 is 1.67 bits per heavy atom. The summed E-state index contributed by atoms with van der Waals surface area (Å²) in [6.45, 7) is 2.15. The topological polar surface area (TPSA) is 64.6 Å². The molecule has 27 heavy (non-hydrogen) atoms. The standard InChI is InChI=1S/C21H27NO4S/c1-2-27(23,24)22-21-14-7-6-9-17(21)16-25-19-12-8-13-20(15-19)26-18-10-4-3-5-11-18/h3-5,8,10-13,15,17,21-22H,2,6-7,9,14,16H2,1H3. The lowest BCUT2D eigenvalue weighted by Gasteiger charge is -2.31. The van der Waals surface area contributed by atoms with Crippen LogP contribution >= 0.6 is 0 Å². The van der Waals surface area contributed by atoms with Crippen LogP contribution in [0.15, 0.2) is 54.6 Å². The largest absolute Gasteiger partial charge is 0.493 e. The molecular weight excluding hydrogens is 362 g/mol. The number of benzene rings is 2. The van der Waals surface area contributed by atoms with Gasteiger partial charge in [0.25, 0.3) is 0 Å². The third kappa shape index (κ3) is 5.97. The van der Waals surface area contributed by atoms with Gasteiger partial charge in [-0.2, -0.15) is 0 Å². The first-order valence-electron chi connectivity index (χ1n) is 9.51. The molecule has 1 N–H and O–H groups in total. The maximum Gasteiger partial charge on any atom is 0.211 e. The molecule has 3 rings (SSSR count). The molecule has 2 aromatic rings. The van der Waals surface area contributed by atoms with Crippen molar-refractivity contribution in [1.82, 2.24) is 4.72 Å². The van der Waals surface area contributed by atoms with Crippen molar-refractivity contribution < 1.29 is 17.9 Å². The van der Waals surface area contributed by atoms with Crippen molar-refractivity contribution in [2.45, 2.75) is 38.6 Å². The van der Waals surface area contributed by atoms with Crippen molar-refractivity contribution in [3.63, 3.8) is 0 Å². The lowest BCUT2D eigenvalue weighted by molar-refractivity contribution is 0.180. The van der Waals surface area contributed by atoms with Gasteiger partial charge in [0.05, 0.1) is 12.4 Å². The first-order chi connectivity index (χ1) is 13.1. The molecule has 1 fully saturated rings. The molecule has 0 bridgehead atoms. The first-order valence-corrected chi connectivity index (χ1v) is 11.2. The van der Waals surface area contributed by atoms with Gasteiger partial charge in [-0.3, -0.25) is 0 Å². The molecule has 0 aliphatic heterocycles. The van der Waals surface area contributed by atoms with Gasteiger partial charge in [-0.25, -0.2) is 13.1 Å². The number of ether oxygens (including phenoxy) is 2. The predicted octanol–water partition coefficient (Wildman–Crippen LogP) is 4.36. The Hall–Kier alpha value is -2.05. The molecule has 0 saturated heterocycles. The number of rotatable bonds is 8. The molecule has 0 amide bonds. The van der Waals surface area contributed by atoms with E-state index in [1.165, 1.54) is 0 Å². The molecule has 1 aliphatic rings. The molecule has 0 aromatic heterocycles. The highest BCUT2D eigenvalue weighted by atomic mass is 32.2. The van der Waals surface area contributed by atoms with Gasteiger partial charge < -0.3 is 9.47 Å². The van der Waals surface area contributed by atoms with Crippen LogP contribution in [-0.2, 0) is 10.0 Å². The van der Waals surface area contributed by atoms with E-state index in [-0.39, 0.29) is 17.7 Å². The quantitative estimate of drug-likeness (QED) is 0.729. The van der Waals surface area contributed by atoms with Gasteiger partial charge in [-0.15, -0.1) is 0 Å². The van der Waals surface area contributed by atoms with Gasteiger partial charge in [-0.05, 0) is 44.0 Å². The average Bonchev–Trinajstić information content (AvgIpc) is 2.68. The minimum atomic E-state index is -3.20. The van der Waals surface area contributed by atoms with E-state index in [4.69, 9.17) is 9.47 Å². The van der Waals surface area contributed by atoms with E-state index < -0.39 is 10.0 Å². The molecule has 0 heterocycles. The molecule has 0 radical (unpaired) electrons. The summed E-state index contributed by atoms with van der Waals surface area (Å²) in [5.74, 6) is 2.50. The zero-order chi connectivity index (χ0) is 19.1. The molecule has 2 atom stereocenters. The highest BCUT2D eigenvalue weighted by Gasteiger charge is 2.28. The van der Waals surface area contributed by atoms with E-state index in [2.05, 4.69) is 4.72 Å². The smallest absolute Gasteiger partial charge is 0.211 e. The van der Waals surface area contributed by atoms with Crippen LogP contribution in [0.25, 0.3) is 0 Å². The summed E-state index contributed by atoms with van der Waals surface area (Å²) >= 11 is 0. The molecule has 1 aliphatic carbocycles. The van der Waals surface area contributed by atoms with E-state index >= 15 is 0 Å². The lowest BCUT2D eigenvalue weighted by atomic mass is 9.86. The summed E-state index contributed by atoms with van der Waals surface area (Å²) in [5.41, 5.74) is 0. The van der Waals surface area contributed by atoms with E-state index in [0.29, 0.717) is 12.4 Å². The van der Waals surface area contributed by atoms with Crippen LogP contribution in [0.4, 0.5) is 0 Å². The van der Waals surface area contributed by atoms with Crippen LogP contribution < -0.4 is 14.2 Å². The Morgan fingerprint density at radius 3 is 2.44 bits per heavy atom. The molecule has 2 unspecified atom stereocenters. The summed E-state index contributed by atoms with van der Waals surface area (Å²) in [7, 11) is -3.20. The fraction of sp³-hybridized carbons (Fsp3) is 0.429. The van der Waals surface area contributed by atoms with E-state index in [1.54, 1.807) is 6.92 Å². The number of hydrogen-bond donors (Lipinski definition) is 1. The zero-order valence-corrected chi connectivity index (χ0v) is 16.5. The Morgan fingerprint density at radius 1 is 0.963 bits per heavy atom. The Balaban J connectivity index is 1.60. The van der Waals surface area contributed by atoms with E-state index in [1.807, 2.05) is 54.6 Å². The summed E-state index contributed by atoms with van der Waals surface area (Å²) < 4.78 is 38.5. The van der Waals surface area contributed by atoms with Crippen molar-refractivity contribution in [3.8, 4) is 17.2 Å². The number of sulfonamides is 1. The van der Waals surface area contributed by atoms with E-state index in [0.717, 1.165) is 37.2 Å². The summed E-state index contributed by atoms with van der Waals surface area (Å²) in [4.78, 5) is 0. The maximum absolute atomic E-state index is 11.9. The zero-order valence-electron chi connectivity index (χ0n) is 15.6. The molecule has 2 aromatic carbocycles. The van der Waals surface area contributed by atoms with Crippen molar-refractivity contribution in [2.75, 3.05) is 12.4 Å². The first kappa shape index (κ1) is 19.7. The summed E-state index contributed by atoms with van der Waals surface area (Å²) in [6, 6.07) is 17.1. The number of nitrogens with one attached hydrogen (secondary N) is 1. The second-order valence-corrected chi connectivity index (χ2v) is 8.92. The Labute approximate surface area is 161 Å². The number of para-hydroxylation sites is 1. The maximum atomic E-state index is 11.9. The Kier molecular flexibility index (Phi) is 6.74. The highest BCUT2D eigenvalue weighted by Crippen LogP contribution is 2.28. The predicted molar refractivity (Wildman–Crippen MR) is 107 cm³/mol. The molecule has 6 heteroatoms. The van der Waals surface area contributed by atoms with Gasteiger partial charge in [0.1, 0.15) is 17.2 Å². The van der Waals surface area contributed by atoms with Crippen LogP contribution in [0.5, 0.6) is 17.2 Å². The van der Waals surface area contributed by atoms with Crippen molar-refractivity contribution in [1.29, 1.82) is 0 Å². The molecular formula is C21H27NO4S. The van der Waals surface area contributed by atoms with Gasteiger partial charge in [0, 0.05) is 18.0 Å². The van der Waals surface area contributed by atoms with Crippen molar-refractivity contribution >= 4 is 10.0 Å². The number of hydrogen-bond acceptors (Lipinski definition) is 4.